The standard InChI is InChI=1S/C10H12F2N2O/c1-3-13-10(15)14-9-7(11)4-6(2)5-8(9)12/h4-5H,3H2,1-2H3,(H2,13,14,15). The normalized spacial score (nSPS) is 9.87. The summed E-state index contributed by atoms with van der Waals surface area (Å²) in [6.07, 6.45) is 0. The molecule has 1 aromatic carbocycles. The molecule has 0 radical (unpaired) electrons. The van der Waals surface area contributed by atoms with Crippen LogP contribution in [0.3, 0.4) is 0 Å². The molecule has 82 valence electrons. The van der Waals surface area contributed by atoms with Crippen molar-refractivity contribution in [2.24, 2.45) is 0 Å². The first-order valence-corrected chi connectivity index (χ1v) is 4.55. The largest absolute Gasteiger partial charge is 0.338 e. The van der Waals surface area contributed by atoms with Crippen molar-refractivity contribution in [1.82, 2.24) is 5.32 Å². The minimum atomic E-state index is -0.779. The van der Waals surface area contributed by atoms with E-state index in [1.807, 2.05) is 0 Å². The molecule has 0 unspecified atom stereocenters. The molecular weight excluding hydrogens is 202 g/mol. The van der Waals surface area contributed by atoms with Crippen molar-refractivity contribution in [3.05, 3.63) is 29.3 Å². The van der Waals surface area contributed by atoms with Gasteiger partial charge in [0.15, 0.2) is 0 Å². The number of rotatable bonds is 2. The van der Waals surface area contributed by atoms with Crippen molar-refractivity contribution in [2.75, 3.05) is 11.9 Å². The van der Waals surface area contributed by atoms with Crippen LogP contribution in [0.5, 0.6) is 0 Å². The molecule has 0 spiro atoms. The Kier molecular flexibility index (Phi) is 3.60. The molecule has 15 heavy (non-hydrogen) atoms. The monoisotopic (exact) mass is 214 g/mol. The van der Waals surface area contributed by atoms with Crippen LogP contribution in [-0.2, 0) is 0 Å². The third-order valence-corrected chi connectivity index (χ3v) is 1.76. The summed E-state index contributed by atoms with van der Waals surface area (Å²) < 4.78 is 26.5. The average molecular weight is 214 g/mol. The van der Waals surface area contributed by atoms with E-state index in [0.29, 0.717) is 12.1 Å². The van der Waals surface area contributed by atoms with E-state index in [9.17, 15) is 13.6 Å². The molecule has 3 nitrogen and oxygen atoms in total. The number of carbonyl (C=O) groups is 1. The number of anilines is 1. The molecule has 0 saturated carbocycles. The number of benzene rings is 1. The van der Waals surface area contributed by atoms with Gasteiger partial charge < -0.3 is 10.6 Å². The predicted octanol–water partition coefficient (Wildman–Crippen LogP) is 2.41. The van der Waals surface area contributed by atoms with Crippen molar-refractivity contribution in [1.29, 1.82) is 0 Å². The van der Waals surface area contributed by atoms with Gasteiger partial charge in [-0.2, -0.15) is 0 Å². The fourth-order valence-corrected chi connectivity index (χ4v) is 1.14. The van der Waals surface area contributed by atoms with Gasteiger partial charge in [-0.05, 0) is 31.5 Å². The highest BCUT2D eigenvalue weighted by molar-refractivity contribution is 5.89. The molecule has 0 aliphatic heterocycles. The maximum absolute atomic E-state index is 13.2. The molecule has 0 bridgehead atoms. The van der Waals surface area contributed by atoms with Crippen molar-refractivity contribution in [3.63, 3.8) is 0 Å². The van der Waals surface area contributed by atoms with Gasteiger partial charge in [0.05, 0.1) is 0 Å². The predicted molar refractivity (Wildman–Crippen MR) is 53.8 cm³/mol. The first-order chi connectivity index (χ1) is 7.04. The zero-order valence-electron chi connectivity index (χ0n) is 8.53. The molecular formula is C10H12F2N2O. The Hall–Kier alpha value is -1.65. The van der Waals surface area contributed by atoms with E-state index >= 15 is 0 Å². The maximum atomic E-state index is 13.2. The summed E-state index contributed by atoms with van der Waals surface area (Å²) in [7, 11) is 0. The molecule has 0 aliphatic carbocycles. The Labute approximate surface area is 86.5 Å². The molecule has 0 aliphatic rings. The minimum absolute atomic E-state index is 0.390. The van der Waals surface area contributed by atoms with Crippen LogP contribution in [0.15, 0.2) is 12.1 Å². The number of halogens is 2. The second-order valence-corrected chi connectivity index (χ2v) is 3.09. The van der Waals surface area contributed by atoms with Crippen LogP contribution >= 0.6 is 0 Å². The number of nitrogens with one attached hydrogen (secondary N) is 2. The van der Waals surface area contributed by atoms with E-state index in [4.69, 9.17) is 0 Å². The van der Waals surface area contributed by atoms with Gasteiger partial charge in [-0.25, -0.2) is 13.6 Å². The Morgan fingerprint density at radius 1 is 1.33 bits per heavy atom. The molecule has 0 aromatic heterocycles. The van der Waals surface area contributed by atoms with Gasteiger partial charge >= 0.3 is 6.03 Å². The Morgan fingerprint density at radius 2 is 1.87 bits per heavy atom. The lowest BCUT2D eigenvalue weighted by atomic mass is 10.2. The smallest absolute Gasteiger partial charge is 0.319 e. The van der Waals surface area contributed by atoms with Gasteiger partial charge in [0.25, 0.3) is 0 Å². The molecule has 1 aromatic rings. The van der Waals surface area contributed by atoms with Crippen LogP contribution < -0.4 is 10.6 Å². The van der Waals surface area contributed by atoms with E-state index in [1.54, 1.807) is 13.8 Å². The van der Waals surface area contributed by atoms with Gasteiger partial charge in [0, 0.05) is 6.54 Å². The van der Waals surface area contributed by atoms with Gasteiger partial charge in [0.1, 0.15) is 17.3 Å². The molecule has 0 fully saturated rings. The second-order valence-electron chi connectivity index (χ2n) is 3.09. The van der Waals surface area contributed by atoms with Crippen LogP contribution in [0.4, 0.5) is 19.3 Å². The fourth-order valence-electron chi connectivity index (χ4n) is 1.14. The molecule has 2 amide bonds. The highest BCUT2D eigenvalue weighted by Crippen LogP contribution is 2.20. The number of hydrogen-bond donors (Lipinski definition) is 2. The van der Waals surface area contributed by atoms with Crippen molar-refractivity contribution in [2.45, 2.75) is 13.8 Å². The molecule has 0 heterocycles. The van der Waals surface area contributed by atoms with Crippen molar-refractivity contribution < 1.29 is 13.6 Å². The van der Waals surface area contributed by atoms with Crippen LogP contribution in [0.1, 0.15) is 12.5 Å². The lowest BCUT2D eigenvalue weighted by Gasteiger charge is -2.08. The highest BCUT2D eigenvalue weighted by Gasteiger charge is 2.12. The molecule has 2 N–H and O–H groups in total. The van der Waals surface area contributed by atoms with Gasteiger partial charge in [0.2, 0.25) is 0 Å². The first kappa shape index (κ1) is 11.4. The number of hydrogen-bond acceptors (Lipinski definition) is 1. The molecule has 1 rings (SSSR count). The Balaban J connectivity index is 2.90. The summed E-state index contributed by atoms with van der Waals surface area (Å²) in [5.41, 5.74) is 0.0398. The van der Waals surface area contributed by atoms with Crippen LogP contribution in [0, 0.1) is 18.6 Å². The van der Waals surface area contributed by atoms with E-state index in [0.717, 1.165) is 12.1 Å². The van der Waals surface area contributed by atoms with Crippen LogP contribution in [0.2, 0.25) is 0 Å². The average Bonchev–Trinajstić information content (AvgIpc) is 2.11. The van der Waals surface area contributed by atoms with E-state index in [1.165, 1.54) is 0 Å². The lowest BCUT2D eigenvalue weighted by Crippen LogP contribution is -2.29. The number of aryl methyl sites for hydroxylation is 1. The Bertz CT molecular complexity index is 357. The van der Waals surface area contributed by atoms with E-state index < -0.39 is 23.4 Å². The summed E-state index contributed by atoms with van der Waals surface area (Å²) in [6, 6.07) is 1.69. The maximum Gasteiger partial charge on any atom is 0.319 e. The van der Waals surface area contributed by atoms with Gasteiger partial charge in [-0.3, -0.25) is 0 Å². The van der Waals surface area contributed by atoms with Crippen molar-refractivity contribution >= 4 is 11.7 Å². The lowest BCUT2D eigenvalue weighted by molar-refractivity contribution is 0.252. The first-order valence-electron chi connectivity index (χ1n) is 4.55. The SMILES string of the molecule is CCNC(=O)Nc1c(F)cc(C)cc1F. The number of urea groups is 1. The number of amides is 2. The third kappa shape index (κ3) is 2.90. The van der Waals surface area contributed by atoms with Crippen LogP contribution in [0.25, 0.3) is 0 Å². The quantitative estimate of drug-likeness (QED) is 0.779. The van der Waals surface area contributed by atoms with Gasteiger partial charge in [-0.15, -0.1) is 0 Å². The van der Waals surface area contributed by atoms with Gasteiger partial charge in [-0.1, -0.05) is 0 Å². The zero-order chi connectivity index (χ0) is 11.4. The summed E-state index contributed by atoms with van der Waals surface area (Å²) in [5, 5.41) is 4.49. The summed E-state index contributed by atoms with van der Waals surface area (Å²) in [6.45, 7) is 3.67. The van der Waals surface area contributed by atoms with Crippen molar-refractivity contribution in [3.8, 4) is 0 Å². The highest BCUT2D eigenvalue weighted by atomic mass is 19.1. The van der Waals surface area contributed by atoms with Crippen LogP contribution in [-0.4, -0.2) is 12.6 Å². The molecule has 0 atom stereocenters. The summed E-state index contributed by atoms with van der Waals surface area (Å²) >= 11 is 0. The number of carbonyl (C=O) groups excluding carboxylic acids is 1. The third-order valence-electron chi connectivity index (χ3n) is 1.76. The molecule has 0 saturated heterocycles. The topological polar surface area (TPSA) is 41.1 Å². The summed E-state index contributed by atoms with van der Waals surface area (Å²) in [4.78, 5) is 11.0. The second kappa shape index (κ2) is 4.72. The summed E-state index contributed by atoms with van der Waals surface area (Å²) in [5.74, 6) is -1.56. The fraction of sp³-hybridized carbons (Fsp3) is 0.300. The molecule has 5 heteroatoms. The zero-order valence-corrected chi connectivity index (χ0v) is 8.53. The van der Waals surface area contributed by atoms with E-state index in [2.05, 4.69) is 10.6 Å². The minimum Gasteiger partial charge on any atom is -0.338 e. The van der Waals surface area contributed by atoms with E-state index in [-0.39, 0.29) is 0 Å². The Morgan fingerprint density at radius 3 is 2.33 bits per heavy atom.